The first kappa shape index (κ1) is 11.9. The number of hydrogen-bond acceptors (Lipinski definition) is 2. The first-order valence-corrected chi connectivity index (χ1v) is 5.97. The molecule has 0 aliphatic rings. The molecule has 1 unspecified atom stereocenters. The molecule has 2 rings (SSSR count). The zero-order valence-electron chi connectivity index (χ0n) is 10.7. The Labute approximate surface area is 103 Å². The molecule has 1 atom stereocenters. The molecule has 90 valence electrons. The van der Waals surface area contributed by atoms with E-state index in [-0.39, 0.29) is 0 Å². The lowest BCUT2D eigenvalue weighted by molar-refractivity contribution is 0.415. The summed E-state index contributed by atoms with van der Waals surface area (Å²) in [6.45, 7) is 3.24. The second-order valence-electron chi connectivity index (χ2n) is 4.43. The largest absolute Gasteiger partial charge is 0.497 e. The van der Waals surface area contributed by atoms with E-state index in [1.54, 1.807) is 7.11 Å². The minimum absolute atomic E-state index is 0.534. The van der Waals surface area contributed by atoms with Crippen LogP contribution >= 0.6 is 0 Å². The Kier molecular flexibility index (Phi) is 3.64. The number of methoxy groups -OCH3 is 1. The summed E-state index contributed by atoms with van der Waals surface area (Å²) in [6, 6.07) is 12.8. The molecule has 0 bridgehead atoms. The Balaban J connectivity index is 2.37. The van der Waals surface area contributed by atoms with Gasteiger partial charge in [0.05, 0.1) is 7.11 Å². The summed E-state index contributed by atoms with van der Waals surface area (Å²) in [5.74, 6) is 1.44. The number of hydrogen-bond donors (Lipinski definition) is 1. The fraction of sp³-hybridized carbons (Fsp3) is 0.333. The number of rotatable bonds is 4. The van der Waals surface area contributed by atoms with Crippen molar-refractivity contribution in [3.8, 4) is 5.75 Å². The highest BCUT2D eigenvalue weighted by molar-refractivity contribution is 5.84. The maximum Gasteiger partial charge on any atom is 0.119 e. The maximum atomic E-state index is 5.23. The third-order valence-electron chi connectivity index (χ3n) is 3.15. The third-order valence-corrected chi connectivity index (χ3v) is 3.15. The van der Waals surface area contributed by atoms with Crippen molar-refractivity contribution in [3.63, 3.8) is 0 Å². The number of likely N-dealkylation sites (N-methyl/N-ethyl adjacent to an activating group) is 1. The molecule has 0 radical (unpaired) electrons. The van der Waals surface area contributed by atoms with E-state index in [0.717, 1.165) is 12.3 Å². The summed E-state index contributed by atoms with van der Waals surface area (Å²) >= 11 is 0. The molecular formula is C15H19NO. The molecular weight excluding hydrogens is 210 g/mol. The Morgan fingerprint density at radius 2 is 1.82 bits per heavy atom. The fourth-order valence-corrected chi connectivity index (χ4v) is 2.10. The standard InChI is InChI=1S/C15H19NO/c1-11(10-16-2)12-4-5-14-9-15(17-3)7-6-13(14)8-12/h4-9,11,16H,10H2,1-3H3. The summed E-state index contributed by atoms with van der Waals surface area (Å²) in [6.07, 6.45) is 0. The SMILES string of the molecule is CNCC(C)c1ccc2cc(OC)ccc2c1. The van der Waals surface area contributed by atoms with Gasteiger partial charge in [-0.15, -0.1) is 0 Å². The van der Waals surface area contributed by atoms with Gasteiger partial charge in [0.25, 0.3) is 0 Å². The predicted molar refractivity (Wildman–Crippen MR) is 72.8 cm³/mol. The van der Waals surface area contributed by atoms with Gasteiger partial charge in [-0.25, -0.2) is 0 Å². The van der Waals surface area contributed by atoms with E-state index in [0.29, 0.717) is 5.92 Å². The van der Waals surface area contributed by atoms with Crippen LogP contribution in [0.3, 0.4) is 0 Å². The van der Waals surface area contributed by atoms with Crippen LogP contribution in [-0.2, 0) is 0 Å². The van der Waals surface area contributed by atoms with Crippen LogP contribution in [-0.4, -0.2) is 20.7 Å². The Morgan fingerprint density at radius 1 is 1.12 bits per heavy atom. The number of benzene rings is 2. The molecule has 0 fully saturated rings. The van der Waals surface area contributed by atoms with Crippen LogP contribution in [0.15, 0.2) is 36.4 Å². The third kappa shape index (κ3) is 2.59. The normalized spacial score (nSPS) is 12.6. The van der Waals surface area contributed by atoms with Crippen molar-refractivity contribution in [2.24, 2.45) is 0 Å². The Bertz CT molecular complexity index is 507. The molecule has 0 saturated heterocycles. The average molecular weight is 229 g/mol. The van der Waals surface area contributed by atoms with Gasteiger partial charge in [-0.05, 0) is 41.4 Å². The van der Waals surface area contributed by atoms with Crippen LogP contribution in [0.1, 0.15) is 18.4 Å². The average Bonchev–Trinajstić information content (AvgIpc) is 2.37. The molecule has 0 amide bonds. The van der Waals surface area contributed by atoms with Crippen LogP contribution in [0.25, 0.3) is 10.8 Å². The minimum Gasteiger partial charge on any atom is -0.497 e. The van der Waals surface area contributed by atoms with Crippen LogP contribution < -0.4 is 10.1 Å². The van der Waals surface area contributed by atoms with E-state index in [9.17, 15) is 0 Å². The first-order valence-electron chi connectivity index (χ1n) is 5.97. The molecule has 0 aliphatic heterocycles. The molecule has 2 aromatic rings. The van der Waals surface area contributed by atoms with E-state index in [4.69, 9.17) is 4.74 Å². The molecule has 17 heavy (non-hydrogen) atoms. The molecule has 0 aliphatic carbocycles. The Hall–Kier alpha value is -1.54. The van der Waals surface area contributed by atoms with Gasteiger partial charge in [-0.1, -0.05) is 31.2 Å². The van der Waals surface area contributed by atoms with Crippen LogP contribution in [0, 0.1) is 0 Å². The first-order chi connectivity index (χ1) is 8.24. The lowest BCUT2D eigenvalue weighted by Gasteiger charge is -2.12. The number of fused-ring (bicyclic) bond motifs is 1. The number of ether oxygens (including phenoxy) is 1. The summed E-state index contributed by atoms with van der Waals surface area (Å²) in [4.78, 5) is 0. The summed E-state index contributed by atoms with van der Waals surface area (Å²) in [5.41, 5.74) is 1.37. The summed E-state index contributed by atoms with van der Waals surface area (Å²) in [5, 5.41) is 5.71. The van der Waals surface area contributed by atoms with E-state index < -0.39 is 0 Å². The van der Waals surface area contributed by atoms with E-state index in [1.807, 2.05) is 13.1 Å². The maximum absolute atomic E-state index is 5.23. The molecule has 1 N–H and O–H groups in total. The zero-order chi connectivity index (χ0) is 12.3. The Morgan fingerprint density at radius 3 is 2.53 bits per heavy atom. The second-order valence-corrected chi connectivity index (χ2v) is 4.43. The molecule has 0 aromatic heterocycles. The summed E-state index contributed by atoms with van der Waals surface area (Å²) in [7, 11) is 3.69. The molecule has 0 spiro atoms. The van der Waals surface area contributed by atoms with Crippen LogP contribution in [0.5, 0.6) is 5.75 Å². The molecule has 2 heteroatoms. The monoisotopic (exact) mass is 229 g/mol. The van der Waals surface area contributed by atoms with Crippen molar-refractivity contribution in [2.75, 3.05) is 20.7 Å². The lowest BCUT2D eigenvalue weighted by atomic mass is 9.98. The van der Waals surface area contributed by atoms with Crippen LogP contribution in [0.4, 0.5) is 0 Å². The van der Waals surface area contributed by atoms with Gasteiger partial charge < -0.3 is 10.1 Å². The molecule has 0 saturated carbocycles. The van der Waals surface area contributed by atoms with Gasteiger partial charge >= 0.3 is 0 Å². The lowest BCUT2D eigenvalue weighted by Crippen LogP contribution is -2.14. The predicted octanol–water partition coefficient (Wildman–Crippen LogP) is 3.17. The smallest absolute Gasteiger partial charge is 0.119 e. The summed E-state index contributed by atoms with van der Waals surface area (Å²) < 4.78 is 5.23. The van der Waals surface area contributed by atoms with Crippen molar-refractivity contribution >= 4 is 10.8 Å². The quantitative estimate of drug-likeness (QED) is 0.869. The van der Waals surface area contributed by atoms with Crippen molar-refractivity contribution < 1.29 is 4.74 Å². The van der Waals surface area contributed by atoms with E-state index >= 15 is 0 Å². The van der Waals surface area contributed by atoms with Gasteiger partial charge in [-0.2, -0.15) is 0 Å². The molecule has 0 heterocycles. The molecule has 2 nitrogen and oxygen atoms in total. The van der Waals surface area contributed by atoms with Gasteiger partial charge in [0.15, 0.2) is 0 Å². The van der Waals surface area contributed by atoms with Crippen molar-refractivity contribution in [1.82, 2.24) is 5.32 Å². The van der Waals surface area contributed by atoms with Gasteiger partial charge in [0.2, 0.25) is 0 Å². The van der Waals surface area contributed by atoms with E-state index in [1.165, 1.54) is 16.3 Å². The molecule has 2 aromatic carbocycles. The zero-order valence-corrected chi connectivity index (χ0v) is 10.7. The fourth-order valence-electron chi connectivity index (χ4n) is 2.10. The van der Waals surface area contributed by atoms with Crippen LogP contribution in [0.2, 0.25) is 0 Å². The van der Waals surface area contributed by atoms with Crippen molar-refractivity contribution in [3.05, 3.63) is 42.0 Å². The highest BCUT2D eigenvalue weighted by atomic mass is 16.5. The number of nitrogens with one attached hydrogen (secondary N) is 1. The van der Waals surface area contributed by atoms with Gasteiger partial charge in [0.1, 0.15) is 5.75 Å². The second kappa shape index (κ2) is 5.19. The van der Waals surface area contributed by atoms with Crippen molar-refractivity contribution in [1.29, 1.82) is 0 Å². The minimum atomic E-state index is 0.534. The van der Waals surface area contributed by atoms with Gasteiger partial charge in [0, 0.05) is 6.54 Å². The topological polar surface area (TPSA) is 21.3 Å². The van der Waals surface area contributed by atoms with Crippen molar-refractivity contribution in [2.45, 2.75) is 12.8 Å². The highest BCUT2D eigenvalue weighted by Gasteiger charge is 2.05. The highest BCUT2D eigenvalue weighted by Crippen LogP contribution is 2.24. The van der Waals surface area contributed by atoms with E-state index in [2.05, 4.69) is 42.6 Å². The van der Waals surface area contributed by atoms with Gasteiger partial charge in [-0.3, -0.25) is 0 Å².